The monoisotopic (exact) mass is 156 g/mol. The fraction of sp³-hybridized carbons (Fsp3) is 0.375. The van der Waals surface area contributed by atoms with E-state index in [0.717, 1.165) is 6.42 Å². The van der Waals surface area contributed by atoms with Crippen LogP contribution in [-0.2, 0) is 0 Å². The second-order valence-corrected chi connectivity index (χ2v) is 2.67. The van der Waals surface area contributed by atoms with Crippen LogP contribution in [0.2, 0.25) is 0 Å². The topological polar surface area (TPSA) is 3.88 Å². The number of hydrogen-bond acceptors (Lipinski definition) is 0. The molecule has 0 spiro atoms. The van der Waals surface area contributed by atoms with E-state index in [9.17, 15) is 0 Å². The zero-order valence-corrected chi connectivity index (χ0v) is 6.75. The maximum absolute atomic E-state index is 5.95. The molecular formula is C8H11ClN+. The van der Waals surface area contributed by atoms with Crippen LogP contribution in [0.25, 0.3) is 0 Å². The molecule has 0 amide bonds. The Hall–Kier alpha value is -0.560. The fourth-order valence-electron chi connectivity index (χ4n) is 0.810. The smallest absolute Gasteiger partial charge is 0.188 e. The van der Waals surface area contributed by atoms with Crippen molar-refractivity contribution in [1.82, 2.24) is 0 Å². The molecule has 1 aromatic rings. The molecule has 0 bridgehead atoms. The van der Waals surface area contributed by atoms with E-state index < -0.39 is 0 Å². The molecule has 54 valence electrons. The molecule has 0 saturated carbocycles. The van der Waals surface area contributed by atoms with E-state index in [0.29, 0.717) is 0 Å². The number of alkyl halides is 1. The van der Waals surface area contributed by atoms with Gasteiger partial charge in [-0.15, -0.1) is 0 Å². The first kappa shape index (κ1) is 7.55. The van der Waals surface area contributed by atoms with E-state index >= 15 is 0 Å². The van der Waals surface area contributed by atoms with Crippen LogP contribution in [0.4, 0.5) is 0 Å². The summed E-state index contributed by atoms with van der Waals surface area (Å²) >= 11 is 5.95. The van der Waals surface area contributed by atoms with Gasteiger partial charge in [-0.3, -0.25) is 0 Å². The standard InChI is InChI=1S/C8H11ClN/c1-2-8(9)10-6-4-3-5-7-10/h3-8H,2H2,1H3/q+1. The molecule has 2 heteroatoms. The van der Waals surface area contributed by atoms with Crippen molar-refractivity contribution in [3.63, 3.8) is 0 Å². The molecule has 0 fully saturated rings. The summed E-state index contributed by atoms with van der Waals surface area (Å²) in [6.45, 7) is 2.07. The normalized spacial score (nSPS) is 13.0. The van der Waals surface area contributed by atoms with Gasteiger partial charge >= 0.3 is 0 Å². The minimum Gasteiger partial charge on any atom is -0.188 e. The van der Waals surface area contributed by atoms with Crippen molar-refractivity contribution in [1.29, 1.82) is 0 Å². The Bertz CT molecular complexity index is 186. The molecule has 0 aliphatic heterocycles. The summed E-state index contributed by atoms with van der Waals surface area (Å²) in [7, 11) is 0. The van der Waals surface area contributed by atoms with Crippen LogP contribution in [0.15, 0.2) is 30.6 Å². The summed E-state index contributed by atoms with van der Waals surface area (Å²) in [4.78, 5) is 0. The number of aromatic nitrogens is 1. The zero-order chi connectivity index (χ0) is 7.40. The summed E-state index contributed by atoms with van der Waals surface area (Å²) < 4.78 is 1.99. The predicted molar refractivity (Wildman–Crippen MR) is 41.8 cm³/mol. The van der Waals surface area contributed by atoms with Gasteiger partial charge in [0.15, 0.2) is 12.4 Å². The molecule has 1 atom stereocenters. The highest BCUT2D eigenvalue weighted by molar-refractivity contribution is 6.17. The molecule has 1 nitrogen and oxygen atoms in total. The largest absolute Gasteiger partial charge is 0.232 e. The van der Waals surface area contributed by atoms with Gasteiger partial charge in [0.1, 0.15) is 0 Å². The average Bonchev–Trinajstić information content (AvgIpc) is 2.05. The van der Waals surface area contributed by atoms with Gasteiger partial charge in [0.05, 0.1) is 0 Å². The second kappa shape index (κ2) is 3.57. The van der Waals surface area contributed by atoms with E-state index in [1.807, 2.05) is 35.2 Å². The number of hydrogen-bond donors (Lipinski definition) is 0. The van der Waals surface area contributed by atoms with Crippen molar-refractivity contribution in [2.24, 2.45) is 0 Å². The molecule has 1 unspecified atom stereocenters. The summed E-state index contributed by atoms with van der Waals surface area (Å²) in [6, 6.07) is 5.94. The molecule has 10 heavy (non-hydrogen) atoms. The van der Waals surface area contributed by atoms with Gasteiger partial charge in [-0.1, -0.05) is 13.0 Å². The Morgan fingerprint density at radius 2 is 1.90 bits per heavy atom. The van der Waals surface area contributed by atoms with Gasteiger partial charge < -0.3 is 0 Å². The molecule has 0 saturated heterocycles. The lowest BCUT2D eigenvalue weighted by atomic mass is 10.4. The van der Waals surface area contributed by atoms with Gasteiger partial charge in [0, 0.05) is 18.6 Å². The van der Waals surface area contributed by atoms with Crippen LogP contribution in [-0.4, -0.2) is 0 Å². The van der Waals surface area contributed by atoms with E-state index in [1.54, 1.807) is 0 Å². The van der Waals surface area contributed by atoms with Crippen molar-refractivity contribution < 1.29 is 4.57 Å². The van der Waals surface area contributed by atoms with Gasteiger partial charge in [0.2, 0.25) is 5.50 Å². The molecule has 0 radical (unpaired) electrons. The molecule has 1 heterocycles. The maximum Gasteiger partial charge on any atom is 0.232 e. The summed E-state index contributed by atoms with van der Waals surface area (Å²) in [6.07, 6.45) is 4.90. The van der Waals surface area contributed by atoms with Crippen molar-refractivity contribution in [3.8, 4) is 0 Å². The molecular weight excluding hydrogens is 146 g/mol. The first-order chi connectivity index (χ1) is 4.84. The summed E-state index contributed by atoms with van der Waals surface area (Å²) in [5.41, 5.74) is 0.0983. The number of pyridine rings is 1. The zero-order valence-electron chi connectivity index (χ0n) is 6.00. The van der Waals surface area contributed by atoms with Gasteiger partial charge in [0.25, 0.3) is 0 Å². The summed E-state index contributed by atoms with van der Waals surface area (Å²) in [5, 5.41) is 0. The van der Waals surface area contributed by atoms with Crippen molar-refractivity contribution in [3.05, 3.63) is 30.6 Å². The Labute approximate surface area is 66.3 Å². The Kier molecular flexibility index (Phi) is 2.69. The quantitative estimate of drug-likeness (QED) is 0.456. The number of rotatable bonds is 2. The third kappa shape index (κ3) is 1.71. The van der Waals surface area contributed by atoms with Crippen molar-refractivity contribution in [2.75, 3.05) is 0 Å². The van der Waals surface area contributed by atoms with Crippen LogP contribution in [0.1, 0.15) is 18.8 Å². The van der Waals surface area contributed by atoms with E-state index in [-0.39, 0.29) is 5.50 Å². The van der Waals surface area contributed by atoms with Gasteiger partial charge in [-0.2, -0.15) is 4.57 Å². The Balaban J connectivity index is 2.75. The highest BCUT2D eigenvalue weighted by Crippen LogP contribution is 2.05. The van der Waals surface area contributed by atoms with Crippen LogP contribution >= 0.6 is 11.6 Å². The van der Waals surface area contributed by atoms with Crippen LogP contribution in [0.5, 0.6) is 0 Å². The van der Waals surface area contributed by atoms with Crippen molar-refractivity contribution >= 4 is 11.6 Å². The highest BCUT2D eigenvalue weighted by Gasteiger charge is 2.08. The Morgan fingerprint density at radius 3 is 2.40 bits per heavy atom. The number of nitrogens with zero attached hydrogens (tertiary/aromatic N) is 1. The maximum atomic E-state index is 5.95. The molecule has 0 aromatic carbocycles. The highest BCUT2D eigenvalue weighted by atomic mass is 35.5. The molecule has 1 rings (SSSR count). The lowest BCUT2D eigenvalue weighted by molar-refractivity contribution is -0.702. The minimum absolute atomic E-state index is 0.0983. The van der Waals surface area contributed by atoms with Gasteiger partial charge in [-0.25, -0.2) is 0 Å². The predicted octanol–water partition coefficient (Wildman–Crippen LogP) is 2.12. The van der Waals surface area contributed by atoms with Gasteiger partial charge in [-0.05, 0) is 11.6 Å². The van der Waals surface area contributed by atoms with Crippen LogP contribution in [0.3, 0.4) is 0 Å². The summed E-state index contributed by atoms with van der Waals surface area (Å²) in [5.74, 6) is 0. The van der Waals surface area contributed by atoms with E-state index in [2.05, 4.69) is 6.92 Å². The molecule has 0 aliphatic rings. The fourth-order valence-corrected chi connectivity index (χ4v) is 0.940. The van der Waals surface area contributed by atoms with E-state index in [4.69, 9.17) is 11.6 Å². The third-order valence-electron chi connectivity index (χ3n) is 1.40. The first-order valence-corrected chi connectivity index (χ1v) is 3.88. The lowest BCUT2D eigenvalue weighted by Crippen LogP contribution is -2.34. The second-order valence-electron chi connectivity index (χ2n) is 2.17. The molecule has 0 N–H and O–H groups in total. The molecule has 0 aliphatic carbocycles. The van der Waals surface area contributed by atoms with Crippen molar-refractivity contribution in [2.45, 2.75) is 18.8 Å². The average molecular weight is 157 g/mol. The Morgan fingerprint density at radius 1 is 1.30 bits per heavy atom. The molecule has 1 aromatic heterocycles. The van der Waals surface area contributed by atoms with E-state index in [1.165, 1.54) is 0 Å². The lowest BCUT2D eigenvalue weighted by Gasteiger charge is -1.98. The van der Waals surface area contributed by atoms with Crippen LogP contribution < -0.4 is 4.57 Å². The first-order valence-electron chi connectivity index (χ1n) is 3.44. The minimum atomic E-state index is 0.0983. The SMILES string of the molecule is CCC(Cl)[n+]1ccccc1. The third-order valence-corrected chi connectivity index (χ3v) is 1.93. The van der Waals surface area contributed by atoms with Crippen LogP contribution in [0, 0.1) is 0 Å². The number of halogens is 1.